The van der Waals surface area contributed by atoms with E-state index >= 15 is 0 Å². The number of nitrogens with one attached hydrogen (secondary N) is 1. The van der Waals surface area contributed by atoms with Crippen molar-refractivity contribution in [1.82, 2.24) is 10.4 Å². The number of amidine groups is 1. The molecular weight excluding hydrogens is 270 g/mol. The lowest BCUT2D eigenvalue weighted by atomic mass is 9.99. The van der Waals surface area contributed by atoms with Crippen LogP contribution in [0.1, 0.15) is 40.0 Å². The molecule has 1 aliphatic carbocycles. The van der Waals surface area contributed by atoms with Gasteiger partial charge in [-0.3, -0.25) is 9.89 Å². The van der Waals surface area contributed by atoms with Gasteiger partial charge in [0.25, 0.3) is 0 Å². The molecule has 0 aromatic carbocycles. The van der Waals surface area contributed by atoms with Crippen LogP contribution < -0.4 is 5.53 Å². The average molecular weight is 289 g/mol. The summed E-state index contributed by atoms with van der Waals surface area (Å²) in [6, 6.07) is 0. The minimum absolute atomic E-state index is 0.418. The maximum absolute atomic E-state index is 11.7. The molecule has 21 heavy (non-hydrogen) atoms. The quantitative estimate of drug-likeness (QED) is 0.714. The molecule has 7 nitrogen and oxygen atoms in total. The third kappa shape index (κ3) is 2.22. The lowest BCUT2D eigenvalue weighted by Crippen LogP contribution is -2.52. The highest BCUT2D eigenvalue weighted by atomic mass is 16.4. The van der Waals surface area contributed by atoms with Crippen molar-refractivity contribution in [3.8, 4) is 0 Å². The van der Waals surface area contributed by atoms with Crippen LogP contribution in [0.4, 0.5) is 4.79 Å². The third-order valence-electron chi connectivity index (χ3n) is 3.85. The van der Waals surface area contributed by atoms with Crippen molar-refractivity contribution >= 4 is 23.4 Å². The van der Waals surface area contributed by atoms with Gasteiger partial charge in [-0.15, -0.1) is 0 Å². The van der Waals surface area contributed by atoms with Gasteiger partial charge in [0.05, 0.1) is 5.71 Å². The van der Waals surface area contributed by atoms with Crippen molar-refractivity contribution in [2.24, 2.45) is 15.2 Å². The Hall–Kier alpha value is -2.18. The van der Waals surface area contributed by atoms with Crippen molar-refractivity contribution < 1.29 is 9.90 Å². The molecule has 112 valence electrons. The minimum atomic E-state index is -1.02. The summed E-state index contributed by atoms with van der Waals surface area (Å²) in [5.74, 6) is 0.418. The molecule has 2 N–H and O–H groups in total. The Bertz CT molecular complexity index is 622. The van der Waals surface area contributed by atoms with E-state index in [1.165, 1.54) is 10.5 Å². The highest BCUT2D eigenvalue weighted by Gasteiger charge is 2.39. The van der Waals surface area contributed by atoms with Gasteiger partial charge in [0.2, 0.25) is 0 Å². The molecule has 7 heteroatoms. The first-order valence-corrected chi connectivity index (χ1v) is 7.09. The molecular formula is C14H19N5O2. The van der Waals surface area contributed by atoms with Crippen LogP contribution in [0, 0.1) is 0 Å². The van der Waals surface area contributed by atoms with Crippen molar-refractivity contribution in [3.63, 3.8) is 0 Å². The van der Waals surface area contributed by atoms with Crippen LogP contribution in [-0.2, 0) is 0 Å². The molecule has 3 aliphatic rings. The highest BCUT2D eigenvalue weighted by molar-refractivity contribution is 6.55. The van der Waals surface area contributed by atoms with Gasteiger partial charge in [-0.2, -0.15) is 15.7 Å². The number of hydrogen-bond donors (Lipinski definition) is 2. The van der Waals surface area contributed by atoms with Gasteiger partial charge in [-0.25, -0.2) is 4.79 Å². The van der Waals surface area contributed by atoms with Gasteiger partial charge in [0.1, 0.15) is 5.71 Å². The molecule has 0 saturated carbocycles. The normalized spacial score (nSPS) is 20.8. The Morgan fingerprint density at radius 1 is 1.24 bits per heavy atom. The van der Waals surface area contributed by atoms with Gasteiger partial charge in [0, 0.05) is 17.7 Å². The molecule has 2 heterocycles. The molecule has 1 amide bonds. The van der Waals surface area contributed by atoms with E-state index in [-0.39, 0.29) is 0 Å². The van der Waals surface area contributed by atoms with E-state index in [2.05, 4.69) is 20.7 Å². The number of aliphatic imine (C=N–C) groups is 1. The Kier molecular flexibility index (Phi) is 3.07. The van der Waals surface area contributed by atoms with Gasteiger partial charge in [-0.05, 0) is 40.0 Å². The standard InChI is InChI=1S/C14H19N5O2/c1-14(2,3)19(13(20)21)12-11-10-8(6-7-15-12)4-5-9(10)16-18-17-11/h18H,4-7H2,1-3H3,(H,20,21). The molecule has 0 unspecified atom stereocenters. The van der Waals surface area contributed by atoms with Gasteiger partial charge in [-0.1, -0.05) is 5.57 Å². The molecule has 0 saturated heterocycles. The number of nitrogens with zero attached hydrogens (tertiary/aromatic N) is 4. The topological polar surface area (TPSA) is 89.7 Å². The summed E-state index contributed by atoms with van der Waals surface area (Å²) >= 11 is 0. The highest BCUT2D eigenvalue weighted by Crippen LogP contribution is 2.32. The van der Waals surface area contributed by atoms with E-state index in [1.807, 2.05) is 20.8 Å². The number of amides is 1. The van der Waals surface area contributed by atoms with Crippen molar-refractivity contribution in [2.45, 2.75) is 45.6 Å². The van der Waals surface area contributed by atoms with Gasteiger partial charge < -0.3 is 5.11 Å². The summed E-state index contributed by atoms with van der Waals surface area (Å²) in [6.45, 7) is 6.14. The number of carboxylic acid groups (broad SMARTS) is 1. The Balaban J connectivity index is 2.09. The Morgan fingerprint density at radius 3 is 2.67 bits per heavy atom. The molecule has 3 rings (SSSR count). The van der Waals surface area contributed by atoms with Crippen molar-refractivity contribution in [2.75, 3.05) is 6.54 Å². The zero-order chi connectivity index (χ0) is 15.2. The molecule has 0 fully saturated rings. The van der Waals surface area contributed by atoms with Gasteiger partial charge in [0.15, 0.2) is 5.84 Å². The third-order valence-corrected chi connectivity index (χ3v) is 3.85. The number of hydrazone groups is 2. The van der Waals surface area contributed by atoms with E-state index in [4.69, 9.17) is 0 Å². The zero-order valence-electron chi connectivity index (χ0n) is 12.5. The van der Waals surface area contributed by atoms with E-state index in [1.54, 1.807) is 0 Å². The van der Waals surface area contributed by atoms with Crippen LogP contribution in [0.2, 0.25) is 0 Å². The van der Waals surface area contributed by atoms with E-state index < -0.39 is 11.6 Å². The Morgan fingerprint density at radius 2 is 2.00 bits per heavy atom. The summed E-state index contributed by atoms with van der Waals surface area (Å²) in [4.78, 5) is 17.5. The summed E-state index contributed by atoms with van der Waals surface area (Å²) in [6.07, 6.45) is 1.66. The van der Waals surface area contributed by atoms with Crippen LogP contribution >= 0.6 is 0 Å². The fourth-order valence-electron chi connectivity index (χ4n) is 2.99. The fraction of sp³-hybridized carbons (Fsp3) is 0.571. The van der Waals surface area contributed by atoms with Crippen LogP contribution in [0.3, 0.4) is 0 Å². The monoisotopic (exact) mass is 289 g/mol. The van der Waals surface area contributed by atoms with Gasteiger partial charge >= 0.3 is 6.09 Å². The van der Waals surface area contributed by atoms with Crippen LogP contribution in [0.15, 0.2) is 26.3 Å². The summed E-state index contributed by atoms with van der Waals surface area (Å²) in [7, 11) is 0. The first-order valence-electron chi connectivity index (χ1n) is 7.09. The maximum atomic E-state index is 11.7. The lowest BCUT2D eigenvalue weighted by molar-refractivity contribution is 0.141. The fourth-order valence-corrected chi connectivity index (χ4v) is 2.99. The number of hydrogen-bond acceptors (Lipinski definition) is 5. The lowest BCUT2D eigenvalue weighted by Gasteiger charge is -2.34. The molecule has 0 atom stereocenters. The minimum Gasteiger partial charge on any atom is -0.465 e. The van der Waals surface area contributed by atoms with Crippen LogP contribution in [0.5, 0.6) is 0 Å². The second-order valence-electron chi connectivity index (χ2n) is 6.34. The van der Waals surface area contributed by atoms with Crippen LogP contribution in [0.25, 0.3) is 0 Å². The largest absolute Gasteiger partial charge is 0.465 e. The molecule has 0 radical (unpaired) electrons. The smallest absolute Gasteiger partial charge is 0.413 e. The predicted octanol–water partition coefficient (Wildman–Crippen LogP) is 1.97. The predicted molar refractivity (Wildman–Crippen MR) is 80.8 cm³/mol. The molecule has 2 aliphatic heterocycles. The molecule has 0 aromatic rings. The zero-order valence-corrected chi connectivity index (χ0v) is 12.5. The second-order valence-corrected chi connectivity index (χ2v) is 6.34. The van der Waals surface area contributed by atoms with E-state index in [0.29, 0.717) is 18.1 Å². The molecule has 0 spiro atoms. The summed E-state index contributed by atoms with van der Waals surface area (Å²) in [5.41, 5.74) is 5.92. The second kappa shape index (κ2) is 4.68. The molecule has 0 bridgehead atoms. The Labute approximate surface area is 123 Å². The average Bonchev–Trinajstić information content (AvgIpc) is 2.70. The van der Waals surface area contributed by atoms with Crippen molar-refractivity contribution in [1.29, 1.82) is 0 Å². The first kappa shape index (κ1) is 13.8. The summed E-state index contributed by atoms with van der Waals surface area (Å²) < 4.78 is 0. The summed E-state index contributed by atoms with van der Waals surface area (Å²) in [5, 5.41) is 18.1. The number of carbonyl (C=O) groups is 1. The maximum Gasteiger partial charge on any atom is 0.413 e. The number of rotatable bonds is 0. The van der Waals surface area contributed by atoms with Crippen LogP contribution in [-0.4, -0.2) is 45.4 Å². The van der Waals surface area contributed by atoms with E-state index in [0.717, 1.165) is 30.5 Å². The first-order chi connectivity index (χ1) is 9.89. The van der Waals surface area contributed by atoms with E-state index in [9.17, 15) is 9.90 Å². The molecule has 0 aromatic heterocycles. The SMILES string of the molecule is CC(C)(C)N(C(=O)O)C1=NCCC2=C3C(=NNN=C13)CC2. The van der Waals surface area contributed by atoms with Crippen molar-refractivity contribution in [3.05, 3.63) is 11.1 Å².